The molecule has 1 aromatic carbocycles. The fourth-order valence-corrected chi connectivity index (χ4v) is 4.01. The van der Waals surface area contributed by atoms with Crippen LogP contribution in [0.2, 0.25) is 0 Å². The van der Waals surface area contributed by atoms with Gasteiger partial charge in [0.1, 0.15) is 6.61 Å². The highest BCUT2D eigenvalue weighted by molar-refractivity contribution is 5.99. The summed E-state index contributed by atoms with van der Waals surface area (Å²) in [4.78, 5) is 34.0. The predicted molar refractivity (Wildman–Crippen MR) is 130 cm³/mol. The minimum Gasteiger partial charge on any atom is -0.488 e. The summed E-state index contributed by atoms with van der Waals surface area (Å²) < 4.78 is 10.7. The number of allylic oxidation sites excluding steroid dienone is 3. The zero-order valence-corrected chi connectivity index (χ0v) is 19.5. The van der Waals surface area contributed by atoms with E-state index in [-0.39, 0.29) is 24.2 Å². The first-order valence-electron chi connectivity index (χ1n) is 11.7. The second-order valence-corrected chi connectivity index (χ2v) is 8.39. The molecule has 1 amide bonds. The molecule has 1 aromatic heterocycles. The van der Waals surface area contributed by atoms with Crippen molar-refractivity contribution in [3.63, 3.8) is 0 Å². The van der Waals surface area contributed by atoms with Crippen LogP contribution >= 0.6 is 0 Å². The van der Waals surface area contributed by atoms with E-state index in [0.717, 1.165) is 33.8 Å². The molecule has 34 heavy (non-hydrogen) atoms. The van der Waals surface area contributed by atoms with Crippen molar-refractivity contribution in [3.05, 3.63) is 65.7 Å². The Balaban J connectivity index is 1.40. The Morgan fingerprint density at radius 3 is 2.97 bits per heavy atom. The molecule has 4 rings (SSSR count). The number of rotatable bonds is 9. The molecule has 2 atom stereocenters. The van der Waals surface area contributed by atoms with Crippen molar-refractivity contribution in [2.75, 3.05) is 19.8 Å². The molecule has 0 fully saturated rings. The summed E-state index contributed by atoms with van der Waals surface area (Å²) in [7, 11) is 0. The van der Waals surface area contributed by atoms with Gasteiger partial charge in [0, 0.05) is 23.7 Å². The minimum absolute atomic E-state index is 0.0509. The molecule has 0 radical (unpaired) electrons. The van der Waals surface area contributed by atoms with E-state index < -0.39 is 6.04 Å². The molecule has 0 saturated carbocycles. The van der Waals surface area contributed by atoms with Gasteiger partial charge in [0.15, 0.2) is 11.6 Å². The summed E-state index contributed by atoms with van der Waals surface area (Å²) in [6.45, 7) is 5.35. The number of hydrogen-bond donors (Lipinski definition) is 2. The maximum atomic E-state index is 12.9. The van der Waals surface area contributed by atoms with Crippen LogP contribution in [0.3, 0.4) is 0 Å². The SMILES string of the molecule is CCOC(=O)CC(NC(=O)CCC(C)C1=CC=C2OCCN=C2N1)c1cnc2ccccc2c1. The minimum atomic E-state index is -0.509. The number of aromatic nitrogens is 1. The number of para-hydroxylation sites is 1. The van der Waals surface area contributed by atoms with Gasteiger partial charge in [-0.1, -0.05) is 25.1 Å². The molecule has 2 aliphatic heterocycles. The number of benzene rings is 1. The van der Waals surface area contributed by atoms with Crippen molar-refractivity contribution < 1.29 is 19.1 Å². The smallest absolute Gasteiger partial charge is 0.308 e. The molecule has 2 unspecified atom stereocenters. The molecular weight excluding hydrogens is 432 g/mol. The average Bonchev–Trinajstić information content (AvgIpc) is 2.86. The van der Waals surface area contributed by atoms with E-state index in [1.807, 2.05) is 42.5 Å². The van der Waals surface area contributed by atoms with Gasteiger partial charge in [-0.05, 0) is 49.1 Å². The molecular formula is C26H30N4O4. The lowest BCUT2D eigenvalue weighted by Crippen LogP contribution is -2.35. The number of ether oxygens (including phenoxy) is 2. The van der Waals surface area contributed by atoms with Crippen molar-refractivity contribution >= 4 is 28.6 Å². The van der Waals surface area contributed by atoms with E-state index >= 15 is 0 Å². The van der Waals surface area contributed by atoms with Gasteiger partial charge in [0.2, 0.25) is 5.91 Å². The number of hydrogen-bond acceptors (Lipinski definition) is 7. The Morgan fingerprint density at radius 2 is 2.12 bits per heavy atom. The van der Waals surface area contributed by atoms with Crippen LogP contribution in [0.15, 0.2) is 65.1 Å². The van der Waals surface area contributed by atoms with E-state index in [1.165, 1.54) is 0 Å². The van der Waals surface area contributed by atoms with Crippen molar-refractivity contribution in [1.29, 1.82) is 0 Å². The summed E-state index contributed by atoms with van der Waals surface area (Å²) >= 11 is 0. The number of carbonyl (C=O) groups is 2. The Bertz CT molecular complexity index is 1150. The van der Waals surface area contributed by atoms with Crippen molar-refractivity contribution in [2.24, 2.45) is 10.9 Å². The number of pyridine rings is 1. The third-order valence-corrected chi connectivity index (χ3v) is 5.89. The van der Waals surface area contributed by atoms with Crippen LogP contribution in [0.1, 0.15) is 44.7 Å². The summed E-state index contributed by atoms with van der Waals surface area (Å²) in [5, 5.41) is 7.29. The molecule has 2 aliphatic rings. The summed E-state index contributed by atoms with van der Waals surface area (Å²) in [6, 6.07) is 9.20. The Morgan fingerprint density at radius 1 is 1.26 bits per heavy atom. The van der Waals surface area contributed by atoms with Crippen LogP contribution in [0, 0.1) is 5.92 Å². The quantitative estimate of drug-likeness (QED) is 0.553. The van der Waals surface area contributed by atoms with E-state index in [4.69, 9.17) is 9.47 Å². The van der Waals surface area contributed by atoms with Crippen LogP contribution in [0.4, 0.5) is 0 Å². The maximum Gasteiger partial charge on any atom is 0.308 e. The summed E-state index contributed by atoms with van der Waals surface area (Å²) in [5.41, 5.74) is 2.64. The van der Waals surface area contributed by atoms with Crippen LogP contribution in [0.5, 0.6) is 0 Å². The number of amidine groups is 1. The lowest BCUT2D eigenvalue weighted by atomic mass is 9.98. The molecule has 2 N–H and O–H groups in total. The molecule has 8 nitrogen and oxygen atoms in total. The summed E-state index contributed by atoms with van der Waals surface area (Å²) in [5.74, 6) is 1.15. The molecule has 2 aromatic rings. The van der Waals surface area contributed by atoms with E-state index in [1.54, 1.807) is 13.1 Å². The third kappa shape index (κ3) is 5.81. The average molecular weight is 463 g/mol. The largest absolute Gasteiger partial charge is 0.488 e. The normalized spacial score (nSPS) is 16.6. The third-order valence-electron chi connectivity index (χ3n) is 5.89. The van der Waals surface area contributed by atoms with Crippen LogP contribution in [-0.2, 0) is 19.1 Å². The highest BCUT2D eigenvalue weighted by Crippen LogP contribution is 2.23. The molecule has 0 bridgehead atoms. The monoisotopic (exact) mass is 462 g/mol. The molecule has 8 heteroatoms. The fourth-order valence-electron chi connectivity index (χ4n) is 4.01. The number of amides is 1. The van der Waals surface area contributed by atoms with Gasteiger partial charge in [0.05, 0.1) is 31.1 Å². The zero-order valence-electron chi connectivity index (χ0n) is 19.5. The van der Waals surface area contributed by atoms with Crippen LogP contribution in [-0.4, -0.2) is 42.5 Å². The Labute approximate surface area is 199 Å². The second kappa shape index (κ2) is 11.0. The van der Waals surface area contributed by atoms with Gasteiger partial charge < -0.3 is 20.1 Å². The second-order valence-electron chi connectivity index (χ2n) is 8.39. The van der Waals surface area contributed by atoms with Crippen LogP contribution < -0.4 is 10.6 Å². The van der Waals surface area contributed by atoms with E-state index in [9.17, 15) is 9.59 Å². The van der Waals surface area contributed by atoms with E-state index in [2.05, 4.69) is 27.5 Å². The molecule has 0 spiro atoms. The predicted octanol–water partition coefficient (Wildman–Crippen LogP) is 3.56. The molecule has 0 aliphatic carbocycles. The lowest BCUT2D eigenvalue weighted by molar-refractivity contribution is -0.143. The van der Waals surface area contributed by atoms with Gasteiger partial charge >= 0.3 is 5.97 Å². The number of aliphatic imine (C=N–C) groups is 1. The van der Waals surface area contributed by atoms with Gasteiger partial charge in [-0.3, -0.25) is 19.6 Å². The van der Waals surface area contributed by atoms with E-state index in [0.29, 0.717) is 32.6 Å². The molecule has 0 saturated heterocycles. The zero-order chi connectivity index (χ0) is 23.9. The van der Waals surface area contributed by atoms with Gasteiger partial charge in [-0.2, -0.15) is 0 Å². The van der Waals surface area contributed by atoms with Gasteiger partial charge in [-0.15, -0.1) is 0 Å². The van der Waals surface area contributed by atoms with Crippen LogP contribution in [0.25, 0.3) is 10.9 Å². The Hall–Kier alpha value is -3.68. The number of nitrogens with zero attached hydrogens (tertiary/aromatic N) is 2. The first kappa shape index (κ1) is 23.5. The number of nitrogens with one attached hydrogen (secondary N) is 2. The lowest BCUT2D eigenvalue weighted by Gasteiger charge is -2.26. The number of dihydropyridines is 1. The number of fused-ring (bicyclic) bond motifs is 2. The molecule has 3 heterocycles. The van der Waals surface area contributed by atoms with Gasteiger partial charge in [-0.25, -0.2) is 0 Å². The number of carbonyl (C=O) groups excluding carboxylic acids is 2. The standard InChI is InChI=1S/C26H30N4O4/c1-3-33-25(32)15-22(19-14-18-6-4-5-7-21(18)28-16-19)29-24(31)11-8-17(2)20-9-10-23-26(30-20)27-12-13-34-23/h4-7,9-10,14,16-17,22H,3,8,11-13,15H2,1-2H3,(H,27,30)(H,29,31). The van der Waals surface area contributed by atoms with Gasteiger partial charge in [0.25, 0.3) is 0 Å². The Kier molecular flexibility index (Phi) is 7.57. The highest BCUT2D eigenvalue weighted by Gasteiger charge is 2.23. The highest BCUT2D eigenvalue weighted by atomic mass is 16.5. The summed E-state index contributed by atoms with van der Waals surface area (Å²) in [6.07, 6.45) is 6.62. The first-order valence-corrected chi connectivity index (χ1v) is 11.7. The van der Waals surface area contributed by atoms with Crippen molar-refractivity contribution in [3.8, 4) is 0 Å². The first-order chi connectivity index (χ1) is 16.5. The van der Waals surface area contributed by atoms with Crippen molar-refractivity contribution in [2.45, 2.75) is 39.2 Å². The maximum absolute atomic E-state index is 12.9. The topological polar surface area (TPSA) is 102 Å². The number of esters is 1. The fraction of sp³-hybridized carbons (Fsp3) is 0.385. The van der Waals surface area contributed by atoms with Crippen molar-refractivity contribution in [1.82, 2.24) is 15.6 Å². The molecule has 178 valence electrons.